The van der Waals surface area contributed by atoms with E-state index >= 15 is 0 Å². The standard InChI is InChI=1S/C21H29N3O5S2/c1-13(2)14-8-6-7-9-15(14)24-16-11-31(27,28)12-17(16)30-19(24)23-18(25)10-22-20(26)29-21(3,4)5/h6-9,13,16-17H,10-12H2,1-5H3,(H,22,26). The number of hydrogen-bond acceptors (Lipinski definition) is 6. The number of nitrogens with one attached hydrogen (secondary N) is 1. The van der Waals surface area contributed by atoms with Crippen molar-refractivity contribution in [3.63, 3.8) is 0 Å². The molecule has 2 unspecified atom stereocenters. The van der Waals surface area contributed by atoms with Crippen LogP contribution in [0.1, 0.15) is 46.1 Å². The Balaban J connectivity index is 1.85. The van der Waals surface area contributed by atoms with Gasteiger partial charge in [0.2, 0.25) is 0 Å². The first-order valence-electron chi connectivity index (χ1n) is 10.2. The van der Waals surface area contributed by atoms with Gasteiger partial charge in [0, 0.05) is 10.9 Å². The zero-order chi connectivity index (χ0) is 23.0. The highest BCUT2D eigenvalue weighted by molar-refractivity contribution is 8.16. The Hall–Kier alpha value is -2.07. The second-order valence-corrected chi connectivity index (χ2v) is 12.4. The van der Waals surface area contributed by atoms with Crippen LogP contribution >= 0.6 is 11.8 Å². The van der Waals surface area contributed by atoms with Gasteiger partial charge >= 0.3 is 6.09 Å². The number of anilines is 1. The molecule has 0 radical (unpaired) electrons. The molecule has 2 fully saturated rings. The van der Waals surface area contributed by atoms with Crippen LogP contribution in [-0.4, -0.2) is 60.5 Å². The van der Waals surface area contributed by atoms with Crippen molar-refractivity contribution in [2.75, 3.05) is 23.0 Å². The van der Waals surface area contributed by atoms with Gasteiger partial charge in [0.05, 0.1) is 17.5 Å². The molecule has 0 aromatic heterocycles. The maximum absolute atomic E-state index is 12.5. The monoisotopic (exact) mass is 467 g/mol. The van der Waals surface area contributed by atoms with Crippen LogP contribution in [0.15, 0.2) is 29.3 Å². The van der Waals surface area contributed by atoms with Gasteiger partial charge in [0.25, 0.3) is 5.91 Å². The van der Waals surface area contributed by atoms with Gasteiger partial charge in [-0.25, -0.2) is 13.2 Å². The van der Waals surface area contributed by atoms with Crippen LogP contribution < -0.4 is 10.2 Å². The average Bonchev–Trinajstić information content (AvgIpc) is 3.09. The largest absolute Gasteiger partial charge is 0.444 e. The van der Waals surface area contributed by atoms with Gasteiger partial charge in [-0.05, 0) is 38.3 Å². The molecule has 1 aromatic rings. The van der Waals surface area contributed by atoms with Crippen LogP contribution in [0.2, 0.25) is 0 Å². The Bertz CT molecular complexity index is 999. The normalized spacial score (nSPS) is 23.8. The number of carbonyl (C=O) groups is 2. The lowest BCUT2D eigenvalue weighted by atomic mass is 9.99. The molecule has 170 valence electrons. The number of amidine groups is 1. The van der Waals surface area contributed by atoms with Gasteiger partial charge in [0.1, 0.15) is 12.1 Å². The number of benzene rings is 1. The Morgan fingerprint density at radius 3 is 2.58 bits per heavy atom. The molecule has 2 amide bonds. The van der Waals surface area contributed by atoms with Crippen LogP contribution in [0.3, 0.4) is 0 Å². The summed E-state index contributed by atoms with van der Waals surface area (Å²) in [4.78, 5) is 30.4. The summed E-state index contributed by atoms with van der Waals surface area (Å²) in [7, 11) is -3.15. The maximum atomic E-state index is 12.5. The number of rotatable bonds is 4. The highest BCUT2D eigenvalue weighted by atomic mass is 32.2. The molecular formula is C21H29N3O5S2. The number of fused-ring (bicyclic) bond motifs is 1. The van der Waals surface area contributed by atoms with Gasteiger partial charge < -0.3 is 15.0 Å². The summed E-state index contributed by atoms with van der Waals surface area (Å²) in [5, 5.41) is 2.70. The first-order valence-corrected chi connectivity index (χ1v) is 12.9. The predicted molar refractivity (Wildman–Crippen MR) is 124 cm³/mol. The van der Waals surface area contributed by atoms with Crippen LogP contribution in [0.5, 0.6) is 0 Å². The van der Waals surface area contributed by atoms with E-state index in [2.05, 4.69) is 24.2 Å². The fourth-order valence-corrected chi connectivity index (χ4v) is 7.57. The summed E-state index contributed by atoms with van der Waals surface area (Å²) in [5.74, 6) is -0.223. The zero-order valence-electron chi connectivity index (χ0n) is 18.4. The van der Waals surface area contributed by atoms with Crippen molar-refractivity contribution in [1.82, 2.24) is 5.32 Å². The van der Waals surface area contributed by atoms with Gasteiger partial charge in [-0.15, -0.1) is 0 Å². The molecule has 0 bridgehead atoms. The van der Waals surface area contributed by atoms with Crippen LogP contribution in [0, 0.1) is 0 Å². The van der Waals surface area contributed by atoms with Gasteiger partial charge in [-0.2, -0.15) is 4.99 Å². The van der Waals surface area contributed by atoms with Crippen LogP contribution in [0.25, 0.3) is 0 Å². The van der Waals surface area contributed by atoms with Crippen molar-refractivity contribution >= 4 is 44.5 Å². The third-order valence-corrected chi connectivity index (χ3v) is 8.10. The zero-order valence-corrected chi connectivity index (χ0v) is 20.0. The number of amides is 2. The van der Waals surface area contributed by atoms with Crippen LogP contribution in [0.4, 0.5) is 10.5 Å². The number of aliphatic imine (C=N–C) groups is 1. The van der Waals surface area contributed by atoms with Crippen molar-refractivity contribution in [3.8, 4) is 0 Å². The number of nitrogens with zero attached hydrogens (tertiary/aromatic N) is 2. The Labute approximate surface area is 187 Å². The lowest BCUT2D eigenvalue weighted by Crippen LogP contribution is -2.39. The number of sulfone groups is 1. The minimum Gasteiger partial charge on any atom is -0.444 e. The highest BCUT2D eigenvalue weighted by Crippen LogP contribution is 2.43. The quantitative estimate of drug-likeness (QED) is 0.726. The van der Waals surface area contributed by atoms with Crippen molar-refractivity contribution in [3.05, 3.63) is 29.8 Å². The summed E-state index contributed by atoms with van der Waals surface area (Å²) >= 11 is 1.31. The fourth-order valence-electron chi connectivity index (χ4n) is 3.65. The molecule has 31 heavy (non-hydrogen) atoms. The Kier molecular flexibility index (Phi) is 6.71. The van der Waals surface area contributed by atoms with E-state index in [1.165, 1.54) is 11.8 Å². The third-order valence-electron chi connectivity index (χ3n) is 4.89. The molecular weight excluding hydrogens is 438 g/mol. The SMILES string of the molecule is CC(C)c1ccccc1N1C(=NC(=O)CNC(=O)OC(C)(C)C)SC2CS(=O)(=O)CC21. The summed E-state index contributed by atoms with van der Waals surface area (Å²) < 4.78 is 29.6. The molecule has 0 aliphatic carbocycles. The lowest BCUT2D eigenvalue weighted by Gasteiger charge is -2.28. The number of alkyl carbamates (subject to hydrolysis) is 1. The van der Waals surface area contributed by atoms with Crippen molar-refractivity contribution in [1.29, 1.82) is 0 Å². The first kappa shape index (κ1) is 23.6. The van der Waals surface area contributed by atoms with E-state index in [9.17, 15) is 18.0 Å². The average molecular weight is 468 g/mol. The van der Waals surface area contributed by atoms with Crippen LogP contribution in [-0.2, 0) is 19.4 Å². The molecule has 2 heterocycles. The van der Waals surface area contributed by atoms with Crippen molar-refractivity contribution < 1.29 is 22.7 Å². The summed E-state index contributed by atoms with van der Waals surface area (Å²) in [5.41, 5.74) is 1.25. The van der Waals surface area contributed by atoms with E-state index in [-0.39, 0.29) is 35.3 Å². The number of thioether (sulfide) groups is 1. The number of hydrogen-bond donors (Lipinski definition) is 1. The maximum Gasteiger partial charge on any atom is 0.408 e. The van der Waals surface area contributed by atoms with Crippen molar-refractivity contribution in [2.24, 2.45) is 4.99 Å². The van der Waals surface area contributed by atoms with E-state index < -0.39 is 27.4 Å². The summed E-state index contributed by atoms with van der Waals surface area (Å²) in [6, 6.07) is 7.50. The fraction of sp³-hybridized carbons (Fsp3) is 0.571. The van der Waals surface area contributed by atoms with E-state index in [4.69, 9.17) is 4.74 Å². The van der Waals surface area contributed by atoms with Gasteiger partial charge in [0.15, 0.2) is 15.0 Å². The number of para-hydroxylation sites is 1. The molecule has 1 aromatic carbocycles. The summed E-state index contributed by atoms with van der Waals surface area (Å²) in [6.45, 7) is 9.05. The number of carbonyl (C=O) groups excluding carboxylic acids is 2. The van der Waals surface area contributed by atoms with Crippen molar-refractivity contribution in [2.45, 2.75) is 57.4 Å². The molecule has 0 saturated carbocycles. The topological polar surface area (TPSA) is 105 Å². The highest BCUT2D eigenvalue weighted by Gasteiger charge is 2.49. The molecule has 8 nitrogen and oxygen atoms in total. The van der Waals surface area contributed by atoms with Gasteiger partial charge in [-0.1, -0.05) is 43.8 Å². The Morgan fingerprint density at radius 2 is 1.94 bits per heavy atom. The smallest absolute Gasteiger partial charge is 0.408 e. The molecule has 10 heteroatoms. The molecule has 3 rings (SSSR count). The van der Waals surface area contributed by atoms with Gasteiger partial charge in [-0.3, -0.25) is 4.79 Å². The molecule has 0 spiro atoms. The summed E-state index contributed by atoms with van der Waals surface area (Å²) in [6.07, 6.45) is -0.690. The minimum absolute atomic E-state index is 0.0282. The van der Waals surface area contributed by atoms with E-state index in [0.717, 1.165) is 11.3 Å². The lowest BCUT2D eigenvalue weighted by molar-refractivity contribution is -0.117. The second-order valence-electron chi connectivity index (χ2n) is 9.03. The van der Waals surface area contributed by atoms with E-state index in [1.54, 1.807) is 20.8 Å². The third kappa shape index (κ3) is 5.79. The number of ether oxygens (including phenoxy) is 1. The van der Waals surface area contributed by atoms with E-state index in [0.29, 0.717) is 5.17 Å². The second kappa shape index (κ2) is 8.82. The molecule has 2 atom stereocenters. The van der Waals surface area contributed by atoms with E-state index in [1.807, 2.05) is 29.2 Å². The molecule has 1 N–H and O–H groups in total. The minimum atomic E-state index is -3.15. The molecule has 2 aliphatic rings. The Morgan fingerprint density at radius 1 is 1.26 bits per heavy atom. The predicted octanol–water partition coefficient (Wildman–Crippen LogP) is 2.94. The molecule has 2 saturated heterocycles. The molecule has 2 aliphatic heterocycles. The first-order chi connectivity index (χ1) is 14.4.